The average Bonchev–Trinajstić information content (AvgIpc) is 2.22. The number of nitrogens with one attached hydrogen (secondary N) is 1. The minimum Gasteiger partial charge on any atom is -0.316 e. The minimum absolute atomic E-state index is 0. The van der Waals surface area contributed by atoms with E-state index in [2.05, 4.69) is 5.32 Å². The second-order valence-electron chi connectivity index (χ2n) is 3.05. The molecule has 2 rings (SSSR count). The highest BCUT2D eigenvalue weighted by atomic mass is 35.5. The van der Waals surface area contributed by atoms with E-state index in [0.717, 1.165) is 38.0 Å². The van der Waals surface area contributed by atoms with Crippen molar-refractivity contribution in [2.45, 2.75) is 0 Å². The number of nitrogens with zero attached hydrogens (tertiary/aromatic N) is 1. The first-order chi connectivity index (χ1) is 4.36. The zero-order valence-electron chi connectivity index (χ0n) is 6.19. The van der Waals surface area contributed by atoms with E-state index in [9.17, 15) is 0 Å². The number of rotatable bonds is 0. The summed E-state index contributed by atoms with van der Waals surface area (Å²) in [5.41, 5.74) is 0. The standard InChI is InChI=1S/C6H12N2O.2ClH/c9-8-3-5-1-7-2-6(5)4-8;;/h5-7,9H,1-4H2;2*1H/t5-,6+;;. The molecule has 0 saturated carbocycles. The largest absolute Gasteiger partial charge is 0.316 e. The fraction of sp³-hybridized carbons (Fsp3) is 1.00. The van der Waals surface area contributed by atoms with Gasteiger partial charge in [0, 0.05) is 13.1 Å². The molecule has 0 aromatic carbocycles. The predicted octanol–water partition coefficient (Wildman–Crippen LogP) is 0.370. The normalized spacial score (nSPS) is 35.7. The van der Waals surface area contributed by atoms with E-state index in [1.165, 1.54) is 5.06 Å². The van der Waals surface area contributed by atoms with Crippen LogP contribution in [-0.2, 0) is 0 Å². The highest BCUT2D eigenvalue weighted by Crippen LogP contribution is 2.24. The summed E-state index contributed by atoms with van der Waals surface area (Å²) < 4.78 is 0. The molecule has 0 bridgehead atoms. The lowest BCUT2D eigenvalue weighted by Crippen LogP contribution is -2.22. The van der Waals surface area contributed by atoms with E-state index >= 15 is 0 Å². The van der Waals surface area contributed by atoms with Crippen LogP contribution >= 0.6 is 24.8 Å². The third kappa shape index (κ3) is 2.20. The van der Waals surface area contributed by atoms with E-state index in [1.807, 2.05) is 0 Å². The van der Waals surface area contributed by atoms with Gasteiger partial charge in [-0.1, -0.05) is 0 Å². The van der Waals surface area contributed by atoms with Crippen LogP contribution in [-0.4, -0.2) is 36.4 Å². The van der Waals surface area contributed by atoms with Crippen LogP contribution in [0.2, 0.25) is 0 Å². The summed E-state index contributed by atoms with van der Waals surface area (Å²) >= 11 is 0. The molecule has 0 aliphatic carbocycles. The summed E-state index contributed by atoms with van der Waals surface area (Å²) in [5, 5.41) is 13.8. The maximum Gasteiger partial charge on any atom is 0.0282 e. The Morgan fingerprint density at radius 2 is 1.55 bits per heavy atom. The number of hydrogen-bond acceptors (Lipinski definition) is 3. The van der Waals surface area contributed by atoms with Crippen molar-refractivity contribution in [1.82, 2.24) is 10.4 Å². The lowest BCUT2D eigenvalue weighted by molar-refractivity contribution is -0.0745. The van der Waals surface area contributed by atoms with Gasteiger partial charge in [-0.25, -0.2) is 0 Å². The molecule has 68 valence electrons. The lowest BCUT2D eigenvalue weighted by Gasteiger charge is -2.05. The van der Waals surface area contributed by atoms with Crippen LogP contribution in [0.25, 0.3) is 0 Å². The van der Waals surface area contributed by atoms with Gasteiger partial charge in [-0.2, -0.15) is 5.06 Å². The number of hydroxylamine groups is 2. The van der Waals surface area contributed by atoms with Crippen LogP contribution < -0.4 is 5.32 Å². The number of hydrogen-bond donors (Lipinski definition) is 2. The summed E-state index contributed by atoms with van der Waals surface area (Å²) in [6, 6.07) is 0. The van der Waals surface area contributed by atoms with Gasteiger partial charge in [-0.3, -0.25) is 0 Å². The Balaban J connectivity index is 0.000000500. The van der Waals surface area contributed by atoms with Crippen molar-refractivity contribution in [3.05, 3.63) is 0 Å². The second kappa shape index (κ2) is 4.48. The number of fused-ring (bicyclic) bond motifs is 1. The number of halogens is 2. The van der Waals surface area contributed by atoms with E-state index in [4.69, 9.17) is 5.21 Å². The fourth-order valence-corrected chi connectivity index (χ4v) is 1.83. The van der Waals surface area contributed by atoms with Gasteiger partial charge in [0.1, 0.15) is 0 Å². The molecular weight excluding hydrogens is 187 g/mol. The summed E-state index contributed by atoms with van der Waals surface area (Å²) in [4.78, 5) is 0. The molecule has 2 aliphatic heterocycles. The molecule has 2 atom stereocenters. The zero-order chi connectivity index (χ0) is 6.27. The predicted molar refractivity (Wildman–Crippen MR) is 47.7 cm³/mol. The molecule has 0 aromatic heterocycles. The van der Waals surface area contributed by atoms with E-state index < -0.39 is 0 Å². The second-order valence-corrected chi connectivity index (χ2v) is 3.05. The van der Waals surface area contributed by atoms with Crippen molar-refractivity contribution in [2.24, 2.45) is 11.8 Å². The summed E-state index contributed by atoms with van der Waals surface area (Å²) in [6.45, 7) is 3.94. The molecule has 2 heterocycles. The van der Waals surface area contributed by atoms with Crippen LogP contribution in [0.15, 0.2) is 0 Å². The fourth-order valence-electron chi connectivity index (χ4n) is 1.83. The first-order valence-corrected chi connectivity index (χ1v) is 3.51. The molecule has 0 aromatic rings. The highest BCUT2D eigenvalue weighted by Gasteiger charge is 2.35. The van der Waals surface area contributed by atoms with Crippen molar-refractivity contribution in [1.29, 1.82) is 0 Å². The molecular formula is C6H14Cl2N2O. The van der Waals surface area contributed by atoms with Gasteiger partial charge < -0.3 is 10.5 Å². The van der Waals surface area contributed by atoms with E-state index in [0.29, 0.717) is 0 Å². The van der Waals surface area contributed by atoms with Crippen molar-refractivity contribution in [3.8, 4) is 0 Å². The van der Waals surface area contributed by atoms with Gasteiger partial charge in [0.2, 0.25) is 0 Å². The van der Waals surface area contributed by atoms with Crippen molar-refractivity contribution < 1.29 is 5.21 Å². The Kier molecular flexibility index (Phi) is 4.66. The molecule has 0 unspecified atom stereocenters. The van der Waals surface area contributed by atoms with Crippen LogP contribution in [0.4, 0.5) is 0 Å². The van der Waals surface area contributed by atoms with Crippen LogP contribution in [0.3, 0.4) is 0 Å². The molecule has 5 heteroatoms. The Bertz CT molecular complexity index is 113. The van der Waals surface area contributed by atoms with Crippen LogP contribution in [0.5, 0.6) is 0 Å². The van der Waals surface area contributed by atoms with Crippen molar-refractivity contribution in [2.75, 3.05) is 26.2 Å². The van der Waals surface area contributed by atoms with Gasteiger partial charge in [-0.15, -0.1) is 24.8 Å². The average molecular weight is 201 g/mol. The maximum atomic E-state index is 9.04. The third-order valence-electron chi connectivity index (χ3n) is 2.37. The quantitative estimate of drug-likeness (QED) is 0.594. The Morgan fingerprint density at radius 1 is 1.09 bits per heavy atom. The van der Waals surface area contributed by atoms with Gasteiger partial charge in [0.05, 0.1) is 0 Å². The maximum absolute atomic E-state index is 9.04. The molecule has 2 fully saturated rings. The van der Waals surface area contributed by atoms with Crippen LogP contribution in [0.1, 0.15) is 0 Å². The topological polar surface area (TPSA) is 35.5 Å². The first kappa shape index (κ1) is 11.5. The third-order valence-corrected chi connectivity index (χ3v) is 2.37. The van der Waals surface area contributed by atoms with Crippen LogP contribution in [0, 0.1) is 11.8 Å². The molecule has 11 heavy (non-hydrogen) atoms. The molecule has 3 nitrogen and oxygen atoms in total. The summed E-state index contributed by atoms with van der Waals surface area (Å²) in [5.74, 6) is 1.44. The Morgan fingerprint density at radius 3 is 2.00 bits per heavy atom. The summed E-state index contributed by atoms with van der Waals surface area (Å²) in [6.07, 6.45) is 0. The molecule has 2 aliphatic rings. The smallest absolute Gasteiger partial charge is 0.0282 e. The van der Waals surface area contributed by atoms with Gasteiger partial charge in [0.25, 0.3) is 0 Å². The summed E-state index contributed by atoms with van der Waals surface area (Å²) in [7, 11) is 0. The van der Waals surface area contributed by atoms with Crippen molar-refractivity contribution >= 4 is 24.8 Å². The molecule has 2 saturated heterocycles. The highest BCUT2D eigenvalue weighted by molar-refractivity contribution is 5.85. The van der Waals surface area contributed by atoms with Crippen molar-refractivity contribution in [3.63, 3.8) is 0 Å². The monoisotopic (exact) mass is 200 g/mol. The SMILES string of the molecule is Cl.Cl.ON1C[C@H]2CNC[C@H]2C1. The Hall–Kier alpha value is 0.460. The van der Waals surface area contributed by atoms with Gasteiger partial charge in [-0.05, 0) is 24.9 Å². The molecule has 2 N–H and O–H groups in total. The molecule has 0 radical (unpaired) electrons. The Labute approximate surface area is 78.9 Å². The van der Waals surface area contributed by atoms with E-state index in [1.54, 1.807) is 0 Å². The van der Waals surface area contributed by atoms with Gasteiger partial charge >= 0.3 is 0 Å². The van der Waals surface area contributed by atoms with Gasteiger partial charge in [0.15, 0.2) is 0 Å². The molecule has 0 spiro atoms. The first-order valence-electron chi connectivity index (χ1n) is 3.51. The molecule has 0 amide bonds. The lowest BCUT2D eigenvalue weighted by atomic mass is 10.0. The minimum atomic E-state index is 0. The zero-order valence-corrected chi connectivity index (χ0v) is 7.83. The van der Waals surface area contributed by atoms with E-state index in [-0.39, 0.29) is 24.8 Å².